The van der Waals surface area contributed by atoms with Gasteiger partial charge in [-0.05, 0) is 49.9 Å². The van der Waals surface area contributed by atoms with Crippen LogP contribution in [0.2, 0.25) is 0 Å². The molecule has 1 aromatic carbocycles. The van der Waals surface area contributed by atoms with Gasteiger partial charge >= 0.3 is 0 Å². The highest BCUT2D eigenvalue weighted by Crippen LogP contribution is 2.29. The lowest BCUT2D eigenvalue weighted by Gasteiger charge is -2.38. The van der Waals surface area contributed by atoms with Gasteiger partial charge < -0.3 is 14.2 Å². The van der Waals surface area contributed by atoms with Crippen LogP contribution in [0.15, 0.2) is 28.8 Å². The molecule has 0 radical (unpaired) electrons. The first-order chi connectivity index (χ1) is 15.9. The average Bonchev–Trinajstić information content (AvgIpc) is 3.44. The number of hydrogen-bond acceptors (Lipinski definition) is 7. The number of carbonyl (C=O) groups is 1. The number of nitrogens with zero attached hydrogens (tertiary/aromatic N) is 3. The van der Waals surface area contributed by atoms with E-state index in [1.165, 1.54) is 6.42 Å². The molecule has 9 heteroatoms. The van der Waals surface area contributed by atoms with Gasteiger partial charge in [0, 0.05) is 24.1 Å². The van der Waals surface area contributed by atoms with E-state index in [4.69, 9.17) is 9.26 Å². The first-order valence-corrected chi connectivity index (χ1v) is 13.8. The third-order valence-electron chi connectivity index (χ3n) is 6.54. The number of unbranched alkanes of at least 4 members (excludes halogenated alkanes) is 1. The van der Waals surface area contributed by atoms with E-state index in [1.807, 2.05) is 17.0 Å². The molecule has 2 heterocycles. The molecule has 1 amide bonds. The van der Waals surface area contributed by atoms with Crippen LogP contribution in [0.1, 0.15) is 64.2 Å². The normalized spacial score (nSPS) is 20.6. The van der Waals surface area contributed by atoms with Crippen molar-refractivity contribution in [1.82, 2.24) is 15.0 Å². The van der Waals surface area contributed by atoms with E-state index in [9.17, 15) is 13.2 Å². The van der Waals surface area contributed by atoms with Crippen LogP contribution in [-0.2, 0) is 21.1 Å². The fourth-order valence-electron chi connectivity index (χ4n) is 4.78. The second-order valence-corrected chi connectivity index (χ2v) is 11.3. The lowest BCUT2D eigenvalue weighted by atomic mass is 9.93. The first kappa shape index (κ1) is 23.7. The maximum absolute atomic E-state index is 13.2. The first-order valence-electron chi connectivity index (χ1n) is 12.0. The number of carbonyl (C=O) groups excluding carboxylic acids is 1. The summed E-state index contributed by atoms with van der Waals surface area (Å²) in [6, 6.07) is 7.13. The highest BCUT2D eigenvalue weighted by molar-refractivity contribution is 7.91. The molecule has 2 aliphatic rings. The van der Waals surface area contributed by atoms with E-state index in [1.54, 1.807) is 12.1 Å². The third-order valence-corrected chi connectivity index (χ3v) is 8.30. The molecule has 33 heavy (non-hydrogen) atoms. The molecule has 8 nitrogen and oxygen atoms in total. The van der Waals surface area contributed by atoms with Crippen molar-refractivity contribution in [3.05, 3.63) is 30.2 Å². The van der Waals surface area contributed by atoms with Gasteiger partial charge in [-0.1, -0.05) is 37.8 Å². The fraction of sp³-hybridized carbons (Fsp3) is 0.625. The van der Waals surface area contributed by atoms with Crippen molar-refractivity contribution in [2.45, 2.75) is 76.8 Å². The van der Waals surface area contributed by atoms with Gasteiger partial charge in [-0.2, -0.15) is 4.98 Å². The molecule has 0 bridgehead atoms. The Morgan fingerprint density at radius 1 is 1.12 bits per heavy atom. The number of sulfone groups is 1. The van der Waals surface area contributed by atoms with Crippen molar-refractivity contribution in [2.75, 3.05) is 18.1 Å². The summed E-state index contributed by atoms with van der Waals surface area (Å²) in [6.45, 7) is 2.01. The summed E-state index contributed by atoms with van der Waals surface area (Å²) in [5.41, 5.74) is 0.820. The maximum Gasteiger partial charge on any atom is 0.261 e. The van der Waals surface area contributed by atoms with Gasteiger partial charge in [-0.25, -0.2) is 8.42 Å². The second kappa shape index (κ2) is 10.7. The van der Waals surface area contributed by atoms with Crippen molar-refractivity contribution >= 4 is 15.7 Å². The Bertz CT molecular complexity index is 1030. The number of hydrogen-bond donors (Lipinski definition) is 0. The minimum absolute atomic E-state index is 0.0644. The van der Waals surface area contributed by atoms with Crippen LogP contribution >= 0.6 is 0 Å². The summed E-state index contributed by atoms with van der Waals surface area (Å²) in [4.78, 5) is 19.4. The Hall–Kier alpha value is -2.42. The molecule has 1 saturated heterocycles. The zero-order valence-corrected chi connectivity index (χ0v) is 20.1. The van der Waals surface area contributed by atoms with Gasteiger partial charge in [0.15, 0.2) is 16.4 Å². The lowest BCUT2D eigenvalue weighted by molar-refractivity contribution is -0.138. The van der Waals surface area contributed by atoms with Crippen LogP contribution in [0.3, 0.4) is 0 Å². The number of aryl methyl sites for hydroxylation is 1. The maximum atomic E-state index is 13.2. The number of ether oxygens (including phenoxy) is 1. The van der Waals surface area contributed by atoms with Crippen molar-refractivity contribution in [2.24, 2.45) is 0 Å². The quantitative estimate of drug-likeness (QED) is 0.543. The fourth-order valence-corrected chi connectivity index (χ4v) is 6.49. The monoisotopic (exact) mass is 475 g/mol. The number of aromatic nitrogens is 2. The van der Waals surface area contributed by atoms with Crippen molar-refractivity contribution in [3.8, 4) is 17.1 Å². The van der Waals surface area contributed by atoms with Gasteiger partial charge in [0.1, 0.15) is 5.75 Å². The van der Waals surface area contributed by atoms with Crippen molar-refractivity contribution in [3.63, 3.8) is 0 Å². The van der Waals surface area contributed by atoms with E-state index < -0.39 is 9.84 Å². The SMILES string of the molecule is CCCCc1nc(-c2ccc(OCC(=O)N(C3CCCCC3)C3CCS(=O)(=O)C3)cc2)no1. The predicted octanol–water partition coefficient (Wildman–Crippen LogP) is 3.81. The molecule has 1 atom stereocenters. The van der Waals surface area contributed by atoms with Crippen LogP contribution in [0.4, 0.5) is 0 Å². The Kier molecular flexibility index (Phi) is 7.67. The van der Waals surface area contributed by atoms with Gasteiger partial charge in [-0.3, -0.25) is 4.79 Å². The number of amides is 1. The third kappa shape index (κ3) is 6.13. The van der Waals surface area contributed by atoms with Crippen LogP contribution in [0, 0.1) is 0 Å². The molecular formula is C24H33N3O5S. The van der Waals surface area contributed by atoms with Crippen LogP contribution < -0.4 is 4.74 Å². The molecule has 2 fully saturated rings. The molecule has 0 N–H and O–H groups in total. The Balaban J connectivity index is 1.38. The molecule has 0 spiro atoms. The summed E-state index contributed by atoms with van der Waals surface area (Å²) in [6.07, 6.45) is 8.55. The van der Waals surface area contributed by atoms with Crippen LogP contribution in [0.25, 0.3) is 11.4 Å². The van der Waals surface area contributed by atoms with E-state index >= 15 is 0 Å². The van der Waals surface area contributed by atoms with Crippen molar-refractivity contribution < 1.29 is 22.5 Å². The highest BCUT2D eigenvalue weighted by atomic mass is 32.2. The molecule has 1 aliphatic heterocycles. The highest BCUT2D eigenvalue weighted by Gasteiger charge is 2.38. The molecule has 1 aliphatic carbocycles. The van der Waals surface area contributed by atoms with Gasteiger partial charge in [-0.15, -0.1) is 0 Å². The summed E-state index contributed by atoms with van der Waals surface area (Å²) in [5, 5.41) is 4.04. The lowest BCUT2D eigenvalue weighted by Crippen LogP contribution is -2.50. The topological polar surface area (TPSA) is 103 Å². The smallest absolute Gasteiger partial charge is 0.261 e. The Morgan fingerprint density at radius 2 is 1.88 bits per heavy atom. The van der Waals surface area contributed by atoms with Crippen LogP contribution in [0.5, 0.6) is 5.75 Å². The molecule has 2 aromatic rings. The van der Waals surface area contributed by atoms with E-state index in [0.29, 0.717) is 23.9 Å². The Labute approximate surface area is 195 Å². The molecule has 180 valence electrons. The minimum Gasteiger partial charge on any atom is -0.484 e. The summed E-state index contributed by atoms with van der Waals surface area (Å²) < 4.78 is 35.2. The summed E-state index contributed by atoms with van der Waals surface area (Å²) in [5.74, 6) is 1.84. The summed E-state index contributed by atoms with van der Waals surface area (Å²) in [7, 11) is -3.07. The predicted molar refractivity (Wildman–Crippen MR) is 125 cm³/mol. The number of rotatable bonds is 9. The molecule has 1 saturated carbocycles. The molecular weight excluding hydrogens is 442 g/mol. The number of benzene rings is 1. The molecule has 1 unspecified atom stereocenters. The standard InChI is InChI=1S/C24H33N3O5S/c1-2-3-9-22-25-24(26-32-22)18-10-12-21(13-11-18)31-16-23(28)27(19-7-5-4-6-8-19)20-14-15-33(29,30)17-20/h10-13,19-20H,2-9,14-17H2,1H3. The van der Waals surface area contributed by atoms with Gasteiger partial charge in [0.05, 0.1) is 11.5 Å². The van der Waals surface area contributed by atoms with Gasteiger partial charge in [0.2, 0.25) is 11.7 Å². The zero-order valence-electron chi connectivity index (χ0n) is 19.2. The van der Waals surface area contributed by atoms with Crippen LogP contribution in [-0.4, -0.2) is 59.6 Å². The van der Waals surface area contributed by atoms with Crippen molar-refractivity contribution in [1.29, 1.82) is 0 Å². The van der Waals surface area contributed by atoms with E-state index in [2.05, 4.69) is 17.1 Å². The van der Waals surface area contributed by atoms with Gasteiger partial charge in [0.25, 0.3) is 5.91 Å². The largest absolute Gasteiger partial charge is 0.484 e. The molecule has 1 aromatic heterocycles. The molecule has 4 rings (SSSR count). The second-order valence-electron chi connectivity index (χ2n) is 9.08. The zero-order chi connectivity index (χ0) is 23.3. The van der Waals surface area contributed by atoms with E-state index in [-0.39, 0.29) is 36.1 Å². The summed E-state index contributed by atoms with van der Waals surface area (Å²) >= 11 is 0. The average molecular weight is 476 g/mol. The van der Waals surface area contributed by atoms with E-state index in [0.717, 1.165) is 50.5 Å². The minimum atomic E-state index is -3.07. The Morgan fingerprint density at radius 3 is 2.55 bits per heavy atom.